The molecule has 0 aliphatic heterocycles. The van der Waals surface area contributed by atoms with Crippen LogP contribution < -0.4 is 10.6 Å². The summed E-state index contributed by atoms with van der Waals surface area (Å²) >= 11 is 0. The van der Waals surface area contributed by atoms with E-state index in [9.17, 15) is 0 Å². The fraction of sp³-hybridized carbons (Fsp3) is 0.667. The van der Waals surface area contributed by atoms with E-state index >= 15 is 0 Å². The average molecular weight is 605 g/mol. The molecule has 0 heterocycles. The first-order chi connectivity index (χ1) is 18.8. The van der Waals surface area contributed by atoms with Gasteiger partial charge < -0.3 is 0 Å². The van der Waals surface area contributed by atoms with E-state index in [0.29, 0.717) is 0 Å². The second-order valence-corrected chi connectivity index (χ2v) is 18.3. The second-order valence-electron chi connectivity index (χ2n) is 12.7. The minimum absolute atomic E-state index is 0. The predicted molar refractivity (Wildman–Crippen MR) is 173 cm³/mol. The van der Waals surface area contributed by atoms with E-state index < -0.39 is 0 Å². The van der Waals surface area contributed by atoms with E-state index in [1.165, 1.54) is 83.5 Å². The third kappa shape index (κ3) is 8.67. The van der Waals surface area contributed by atoms with Gasteiger partial charge in [0.1, 0.15) is 0 Å². The molecule has 3 heteroatoms. The van der Waals surface area contributed by atoms with Crippen molar-refractivity contribution in [2.75, 3.05) is 0 Å². The SMILES string of the molecule is C1CCCC1.CC(C1CCCC1P(C1CCCCC1)C1CCCCC1)P(c1ccccc1)c1ccccc1.[Fe]. The third-order valence-corrected chi connectivity index (χ3v) is 17.3. The van der Waals surface area contributed by atoms with Crippen LogP contribution in [0.3, 0.4) is 0 Å². The van der Waals surface area contributed by atoms with Crippen molar-refractivity contribution in [2.45, 2.75) is 145 Å². The van der Waals surface area contributed by atoms with Crippen molar-refractivity contribution in [3.8, 4) is 0 Å². The molecule has 4 aliphatic carbocycles. The number of hydrogen-bond donors (Lipinski definition) is 0. The summed E-state index contributed by atoms with van der Waals surface area (Å²) in [6.07, 6.45) is 27.3. The fourth-order valence-corrected chi connectivity index (χ4v) is 16.4. The molecule has 3 atom stereocenters. The Kier molecular flexibility index (Phi) is 13.9. The molecule has 0 nitrogen and oxygen atoms in total. The van der Waals surface area contributed by atoms with Gasteiger partial charge in [0.15, 0.2) is 0 Å². The molecule has 0 radical (unpaired) electrons. The molecule has 0 bridgehead atoms. The monoisotopic (exact) mass is 604 g/mol. The van der Waals surface area contributed by atoms with Crippen molar-refractivity contribution in [2.24, 2.45) is 5.92 Å². The largest absolute Gasteiger partial charge is 0.0968 e. The van der Waals surface area contributed by atoms with E-state index in [1.807, 2.05) is 0 Å². The Morgan fingerprint density at radius 2 is 0.923 bits per heavy atom. The molecule has 216 valence electrons. The van der Waals surface area contributed by atoms with Gasteiger partial charge in [0.2, 0.25) is 0 Å². The molecular weight excluding hydrogens is 550 g/mol. The van der Waals surface area contributed by atoms with Crippen LogP contribution in [0.15, 0.2) is 60.7 Å². The Morgan fingerprint density at radius 1 is 0.513 bits per heavy atom. The smallest absolute Gasteiger partial charge is 0 e. The Balaban J connectivity index is 0.000000530. The van der Waals surface area contributed by atoms with Gasteiger partial charge in [-0.05, 0) is 85.6 Å². The van der Waals surface area contributed by atoms with Crippen LogP contribution in [-0.2, 0) is 17.1 Å². The van der Waals surface area contributed by atoms with Crippen molar-refractivity contribution in [1.29, 1.82) is 0 Å². The zero-order valence-electron chi connectivity index (χ0n) is 24.6. The summed E-state index contributed by atoms with van der Waals surface area (Å²) in [4.78, 5) is 0. The first-order valence-electron chi connectivity index (χ1n) is 16.5. The normalized spacial score (nSPS) is 25.2. The van der Waals surface area contributed by atoms with E-state index in [-0.39, 0.29) is 32.9 Å². The van der Waals surface area contributed by atoms with Crippen molar-refractivity contribution in [3.05, 3.63) is 60.7 Å². The molecule has 3 unspecified atom stereocenters. The molecule has 39 heavy (non-hydrogen) atoms. The molecule has 2 aromatic rings. The molecule has 4 fully saturated rings. The summed E-state index contributed by atoms with van der Waals surface area (Å²) in [5.74, 6) is 0.937. The van der Waals surface area contributed by atoms with Crippen molar-refractivity contribution >= 4 is 26.5 Å². The number of benzene rings is 2. The van der Waals surface area contributed by atoms with Crippen molar-refractivity contribution < 1.29 is 17.1 Å². The van der Waals surface area contributed by atoms with Gasteiger partial charge in [-0.3, -0.25) is 0 Å². The quantitative estimate of drug-likeness (QED) is 0.218. The molecule has 6 rings (SSSR count). The van der Waals surface area contributed by atoms with Gasteiger partial charge in [-0.2, -0.15) is 0 Å². The number of hydrogen-bond acceptors (Lipinski definition) is 0. The Morgan fingerprint density at radius 3 is 1.36 bits per heavy atom. The molecule has 2 aromatic carbocycles. The van der Waals surface area contributed by atoms with Crippen LogP contribution in [-0.4, -0.2) is 22.6 Å². The summed E-state index contributed by atoms with van der Waals surface area (Å²) < 4.78 is 0. The summed E-state index contributed by atoms with van der Waals surface area (Å²) in [5, 5.41) is 3.19. The summed E-state index contributed by atoms with van der Waals surface area (Å²) in [6.45, 7) is 2.66. The van der Waals surface area contributed by atoms with Gasteiger partial charge in [-0.1, -0.05) is 153 Å². The van der Waals surface area contributed by atoms with Gasteiger partial charge in [0.05, 0.1) is 0 Å². The van der Waals surface area contributed by atoms with Crippen molar-refractivity contribution in [1.82, 2.24) is 0 Å². The summed E-state index contributed by atoms with van der Waals surface area (Å²) in [5.41, 5.74) is 4.01. The Hall–Kier alpha value is -0.181. The van der Waals surface area contributed by atoms with Crippen molar-refractivity contribution in [3.63, 3.8) is 0 Å². The Labute approximate surface area is 254 Å². The topological polar surface area (TPSA) is 0 Å². The standard InChI is InChI=1S/C31H44P2.C5H10.Fe/c1-25(32(26-15-6-2-7-16-26)27-17-8-3-9-18-27)30-23-14-24-31(30)33(28-19-10-4-11-20-28)29-21-12-5-13-22-29;1-2-4-5-3-1;/h2-3,6-9,15-18,25,28-31H,4-5,10-14,19-24H2,1H3;1-5H2;. The van der Waals surface area contributed by atoms with Gasteiger partial charge in [0.25, 0.3) is 0 Å². The third-order valence-electron chi connectivity index (χ3n) is 10.3. The predicted octanol–water partition coefficient (Wildman–Crippen LogP) is 10.8. The van der Waals surface area contributed by atoms with Crippen LogP contribution in [0.5, 0.6) is 0 Å². The van der Waals surface area contributed by atoms with Gasteiger partial charge >= 0.3 is 0 Å². The molecule has 0 aromatic heterocycles. The Bertz CT molecular complexity index is 837. The zero-order chi connectivity index (χ0) is 26.0. The zero-order valence-corrected chi connectivity index (χ0v) is 27.5. The van der Waals surface area contributed by atoms with Gasteiger partial charge in [-0.25, -0.2) is 0 Å². The van der Waals surface area contributed by atoms with E-state index in [0.717, 1.165) is 28.6 Å². The summed E-state index contributed by atoms with van der Waals surface area (Å²) in [7, 11) is -0.121. The average Bonchev–Trinajstić information content (AvgIpc) is 3.72. The van der Waals surface area contributed by atoms with Crippen LogP contribution in [0, 0.1) is 5.92 Å². The van der Waals surface area contributed by atoms with Gasteiger partial charge in [0, 0.05) is 17.1 Å². The molecule has 4 saturated carbocycles. The van der Waals surface area contributed by atoms with E-state index in [2.05, 4.69) is 67.6 Å². The van der Waals surface area contributed by atoms with Crippen LogP contribution >= 0.6 is 15.8 Å². The second kappa shape index (κ2) is 17.1. The van der Waals surface area contributed by atoms with Crippen LogP contribution in [0.25, 0.3) is 0 Å². The molecule has 0 N–H and O–H groups in total. The summed E-state index contributed by atoms with van der Waals surface area (Å²) in [6, 6.07) is 23.1. The maximum Gasteiger partial charge on any atom is 0 e. The van der Waals surface area contributed by atoms with Crippen LogP contribution in [0.4, 0.5) is 0 Å². The van der Waals surface area contributed by atoms with E-state index in [4.69, 9.17) is 0 Å². The molecule has 4 aliphatic rings. The van der Waals surface area contributed by atoms with Crippen LogP contribution in [0.1, 0.15) is 122 Å². The molecule has 0 amide bonds. The fourth-order valence-electron chi connectivity index (χ4n) is 8.37. The maximum atomic E-state index is 2.66. The number of rotatable bonds is 7. The van der Waals surface area contributed by atoms with Gasteiger partial charge in [-0.15, -0.1) is 0 Å². The minimum atomic E-state index is -0.299. The van der Waals surface area contributed by atoms with Crippen LogP contribution in [0.2, 0.25) is 0 Å². The first-order valence-corrected chi connectivity index (χ1v) is 19.5. The minimum Gasteiger partial charge on any atom is -0.0968 e. The first kappa shape index (κ1) is 31.7. The maximum absolute atomic E-state index is 2.66. The molecule has 0 saturated heterocycles. The van der Waals surface area contributed by atoms with E-state index in [1.54, 1.807) is 42.7 Å². The molecule has 0 spiro atoms. The molecular formula is C36H54FeP2.